The zero-order valence-electron chi connectivity index (χ0n) is 8.70. The van der Waals surface area contributed by atoms with Crippen molar-refractivity contribution in [1.82, 2.24) is 5.32 Å². The lowest BCUT2D eigenvalue weighted by Gasteiger charge is -2.01. The van der Waals surface area contributed by atoms with Crippen LogP contribution in [0, 0.1) is 6.92 Å². The van der Waals surface area contributed by atoms with Crippen LogP contribution in [0.15, 0.2) is 16.7 Å². The lowest BCUT2D eigenvalue weighted by atomic mass is 10.3. The third-order valence-corrected chi connectivity index (χ3v) is 1.84. The summed E-state index contributed by atoms with van der Waals surface area (Å²) in [6.07, 6.45) is 1.54. The van der Waals surface area contributed by atoms with Crippen LogP contribution in [0.1, 0.15) is 22.5 Å². The van der Waals surface area contributed by atoms with Crippen LogP contribution in [0.5, 0.6) is 0 Å². The first-order valence-corrected chi connectivity index (χ1v) is 4.53. The van der Waals surface area contributed by atoms with Gasteiger partial charge in [-0.25, -0.2) is 0 Å². The molecule has 15 heavy (non-hydrogen) atoms. The minimum Gasteiger partial charge on any atom is -0.469 e. The Morgan fingerprint density at radius 3 is 2.80 bits per heavy atom. The molecule has 0 radical (unpaired) electrons. The van der Waals surface area contributed by atoms with E-state index < -0.39 is 0 Å². The van der Waals surface area contributed by atoms with Crippen molar-refractivity contribution in [3.8, 4) is 0 Å². The Labute approximate surface area is 87.4 Å². The lowest BCUT2D eigenvalue weighted by Crippen LogP contribution is -2.25. The Bertz CT molecular complexity index is 356. The van der Waals surface area contributed by atoms with Crippen molar-refractivity contribution >= 4 is 11.9 Å². The van der Waals surface area contributed by atoms with E-state index in [0.29, 0.717) is 11.3 Å². The number of hydrogen-bond donors (Lipinski definition) is 1. The molecule has 0 fully saturated rings. The second-order valence-electron chi connectivity index (χ2n) is 3.03. The van der Waals surface area contributed by atoms with E-state index in [9.17, 15) is 9.59 Å². The van der Waals surface area contributed by atoms with Gasteiger partial charge in [0.05, 0.1) is 19.1 Å². The quantitative estimate of drug-likeness (QED) is 0.750. The molecule has 1 N–H and O–H groups in total. The normalized spacial score (nSPS) is 9.73. The van der Waals surface area contributed by atoms with Gasteiger partial charge in [-0.15, -0.1) is 0 Å². The summed E-state index contributed by atoms with van der Waals surface area (Å²) in [5.41, 5.74) is 0.456. The molecule has 0 bridgehead atoms. The molecule has 0 aliphatic carbocycles. The highest BCUT2D eigenvalue weighted by atomic mass is 16.5. The van der Waals surface area contributed by atoms with E-state index in [-0.39, 0.29) is 24.8 Å². The number of carbonyl (C=O) groups is 2. The van der Waals surface area contributed by atoms with Crippen LogP contribution < -0.4 is 5.32 Å². The molecule has 0 spiro atoms. The van der Waals surface area contributed by atoms with Gasteiger partial charge in [-0.2, -0.15) is 0 Å². The molecule has 0 aliphatic heterocycles. The Kier molecular flexibility index (Phi) is 3.91. The van der Waals surface area contributed by atoms with Gasteiger partial charge in [0.15, 0.2) is 0 Å². The summed E-state index contributed by atoms with van der Waals surface area (Å²) < 4.78 is 9.41. The first-order chi connectivity index (χ1) is 7.13. The summed E-state index contributed by atoms with van der Waals surface area (Å²) in [6.45, 7) is 2.01. The lowest BCUT2D eigenvalue weighted by molar-refractivity contribution is -0.140. The zero-order chi connectivity index (χ0) is 11.3. The number of nitrogens with one attached hydrogen (secondary N) is 1. The highest BCUT2D eigenvalue weighted by Crippen LogP contribution is 2.05. The fourth-order valence-electron chi connectivity index (χ4n) is 1.04. The van der Waals surface area contributed by atoms with Crippen LogP contribution in [0.3, 0.4) is 0 Å². The van der Waals surface area contributed by atoms with Crippen LogP contribution in [-0.4, -0.2) is 25.5 Å². The molecule has 1 aromatic heterocycles. The standard InChI is InChI=1S/C10H13NO4/c1-7-5-8(6-15-7)10(13)11-4-3-9(12)14-2/h5-6H,3-4H2,1-2H3,(H,11,13). The van der Waals surface area contributed by atoms with Crippen LogP contribution in [0.2, 0.25) is 0 Å². The second kappa shape index (κ2) is 5.19. The third kappa shape index (κ3) is 3.46. The van der Waals surface area contributed by atoms with Gasteiger partial charge in [-0.1, -0.05) is 0 Å². The largest absolute Gasteiger partial charge is 0.469 e. The smallest absolute Gasteiger partial charge is 0.307 e. The Morgan fingerprint density at radius 2 is 2.27 bits per heavy atom. The number of methoxy groups -OCH3 is 1. The Morgan fingerprint density at radius 1 is 1.53 bits per heavy atom. The molecule has 1 rings (SSSR count). The first kappa shape index (κ1) is 11.3. The number of aryl methyl sites for hydroxylation is 1. The van der Waals surface area contributed by atoms with Crippen LogP contribution in [0.25, 0.3) is 0 Å². The fourth-order valence-corrected chi connectivity index (χ4v) is 1.04. The maximum absolute atomic E-state index is 11.4. The minimum atomic E-state index is -0.348. The molecule has 1 amide bonds. The number of carbonyl (C=O) groups excluding carboxylic acids is 2. The average Bonchev–Trinajstić information content (AvgIpc) is 2.64. The maximum atomic E-state index is 11.4. The SMILES string of the molecule is COC(=O)CCNC(=O)c1coc(C)c1. The molecule has 0 unspecified atom stereocenters. The van der Waals surface area contributed by atoms with Gasteiger partial charge < -0.3 is 14.5 Å². The molecular formula is C10H13NO4. The summed E-state index contributed by atoms with van der Waals surface area (Å²) in [5, 5.41) is 2.58. The van der Waals surface area contributed by atoms with Crippen molar-refractivity contribution in [3.63, 3.8) is 0 Å². The van der Waals surface area contributed by atoms with E-state index in [1.165, 1.54) is 13.4 Å². The van der Waals surface area contributed by atoms with E-state index >= 15 is 0 Å². The molecule has 1 aromatic rings. The van der Waals surface area contributed by atoms with E-state index in [0.717, 1.165) is 0 Å². The van der Waals surface area contributed by atoms with E-state index in [2.05, 4.69) is 10.1 Å². The molecule has 0 atom stereocenters. The van der Waals surface area contributed by atoms with Crippen LogP contribution >= 0.6 is 0 Å². The molecule has 0 saturated carbocycles. The van der Waals surface area contributed by atoms with Gasteiger partial charge in [0.2, 0.25) is 0 Å². The third-order valence-electron chi connectivity index (χ3n) is 1.84. The fraction of sp³-hybridized carbons (Fsp3) is 0.400. The van der Waals surface area contributed by atoms with Gasteiger partial charge in [-0.3, -0.25) is 9.59 Å². The summed E-state index contributed by atoms with van der Waals surface area (Å²) >= 11 is 0. The summed E-state index contributed by atoms with van der Waals surface area (Å²) in [5.74, 6) is 0.0718. The predicted octanol–water partition coefficient (Wildman–Crippen LogP) is 0.881. The van der Waals surface area contributed by atoms with Gasteiger partial charge in [0, 0.05) is 6.54 Å². The Hall–Kier alpha value is -1.78. The van der Waals surface area contributed by atoms with Crippen molar-refractivity contribution in [3.05, 3.63) is 23.7 Å². The van der Waals surface area contributed by atoms with Gasteiger partial charge in [0.25, 0.3) is 5.91 Å². The topological polar surface area (TPSA) is 68.5 Å². The predicted molar refractivity (Wildman–Crippen MR) is 52.4 cm³/mol. The molecular weight excluding hydrogens is 198 g/mol. The van der Waals surface area contributed by atoms with Crippen molar-refractivity contribution in [2.45, 2.75) is 13.3 Å². The number of hydrogen-bond acceptors (Lipinski definition) is 4. The number of esters is 1. The molecule has 0 aliphatic rings. The summed E-state index contributed by atoms with van der Waals surface area (Å²) in [6, 6.07) is 1.63. The maximum Gasteiger partial charge on any atom is 0.307 e. The molecule has 1 heterocycles. The van der Waals surface area contributed by atoms with Crippen LogP contribution in [0.4, 0.5) is 0 Å². The monoisotopic (exact) mass is 211 g/mol. The second-order valence-corrected chi connectivity index (χ2v) is 3.03. The highest BCUT2D eigenvalue weighted by Gasteiger charge is 2.08. The van der Waals surface area contributed by atoms with Crippen molar-refractivity contribution in [2.24, 2.45) is 0 Å². The number of amides is 1. The minimum absolute atomic E-state index is 0.166. The van der Waals surface area contributed by atoms with Crippen LogP contribution in [-0.2, 0) is 9.53 Å². The number of ether oxygens (including phenoxy) is 1. The van der Waals surface area contributed by atoms with Crippen molar-refractivity contribution < 1.29 is 18.7 Å². The first-order valence-electron chi connectivity index (χ1n) is 4.53. The van der Waals surface area contributed by atoms with Crippen molar-refractivity contribution in [1.29, 1.82) is 0 Å². The molecule has 5 heteroatoms. The van der Waals surface area contributed by atoms with E-state index in [1.54, 1.807) is 13.0 Å². The van der Waals surface area contributed by atoms with Gasteiger partial charge in [0.1, 0.15) is 12.0 Å². The Balaban J connectivity index is 2.34. The van der Waals surface area contributed by atoms with Gasteiger partial charge >= 0.3 is 5.97 Å². The summed E-state index contributed by atoms with van der Waals surface area (Å²) in [7, 11) is 1.31. The average molecular weight is 211 g/mol. The number of rotatable bonds is 4. The van der Waals surface area contributed by atoms with E-state index in [1.807, 2.05) is 0 Å². The molecule has 0 saturated heterocycles. The summed E-state index contributed by atoms with van der Waals surface area (Å²) in [4.78, 5) is 22.1. The van der Waals surface area contributed by atoms with E-state index in [4.69, 9.17) is 4.42 Å². The molecule has 5 nitrogen and oxygen atoms in total. The van der Waals surface area contributed by atoms with Gasteiger partial charge in [-0.05, 0) is 13.0 Å². The zero-order valence-corrected chi connectivity index (χ0v) is 8.70. The number of furan rings is 1. The molecule has 82 valence electrons. The molecule has 0 aromatic carbocycles. The highest BCUT2D eigenvalue weighted by molar-refractivity contribution is 5.94. The van der Waals surface area contributed by atoms with Crippen molar-refractivity contribution in [2.75, 3.05) is 13.7 Å².